The number of rotatable bonds is 1. The van der Waals surface area contributed by atoms with E-state index in [2.05, 4.69) is 4.98 Å². The minimum absolute atomic E-state index is 0.0516. The number of hydrogen-bond acceptors (Lipinski definition) is 3. The maximum atomic E-state index is 10.9. The summed E-state index contributed by atoms with van der Waals surface area (Å²) in [6.45, 7) is 3.94. The standard InChI is InChI=1S/C12H12N2O2/c1-6-3-8-10(4-7(6)2)14-5-9(11(8)13)12(15)16/h3-5H,1-2H3,(H2,13,14)(H,15,16). The molecule has 4 heteroatoms. The molecular weight excluding hydrogens is 204 g/mol. The highest BCUT2D eigenvalue weighted by atomic mass is 16.4. The number of aromatic carboxylic acids is 1. The highest BCUT2D eigenvalue weighted by Crippen LogP contribution is 2.25. The molecule has 0 amide bonds. The molecule has 4 nitrogen and oxygen atoms in total. The normalized spacial score (nSPS) is 10.6. The molecule has 1 aromatic carbocycles. The molecule has 0 saturated heterocycles. The third-order valence-electron chi connectivity index (χ3n) is 2.76. The van der Waals surface area contributed by atoms with Crippen LogP contribution in [-0.2, 0) is 0 Å². The largest absolute Gasteiger partial charge is 0.478 e. The van der Waals surface area contributed by atoms with Crippen LogP contribution in [0.25, 0.3) is 10.9 Å². The minimum atomic E-state index is -1.05. The van der Waals surface area contributed by atoms with Crippen molar-refractivity contribution in [3.8, 4) is 0 Å². The molecule has 0 saturated carbocycles. The molecule has 2 rings (SSSR count). The average molecular weight is 216 g/mol. The summed E-state index contributed by atoms with van der Waals surface area (Å²) in [6.07, 6.45) is 1.30. The molecule has 16 heavy (non-hydrogen) atoms. The molecule has 0 unspecified atom stereocenters. The number of aryl methyl sites for hydroxylation is 2. The van der Waals surface area contributed by atoms with Crippen LogP contribution in [0.1, 0.15) is 21.5 Å². The van der Waals surface area contributed by atoms with Crippen molar-refractivity contribution in [2.45, 2.75) is 13.8 Å². The molecule has 0 bridgehead atoms. The Morgan fingerprint density at radius 2 is 1.94 bits per heavy atom. The summed E-state index contributed by atoms with van der Waals surface area (Å²) in [5.41, 5.74) is 9.06. The number of nitrogen functional groups attached to an aromatic ring is 1. The van der Waals surface area contributed by atoms with Gasteiger partial charge in [-0.05, 0) is 37.1 Å². The first-order chi connectivity index (χ1) is 7.50. The Hall–Kier alpha value is -2.10. The van der Waals surface area contributed by atoms with E-state index in [4.69, 9.17) is 10.8 Å². The Morgan fingerprint density at radius 3 is 2.56 bits per heavy atom. The first-order valence-corrected chi connectivity index (χ1v) is 4.89. The van der Waals surface area contributed by atoms with Gasteiger partial charge in [-0.25, -0.2) is 4.79 Å². The fourth-order valence-corrected chi connectivity index (χ4v) is 1.64. The summed E-state index contributed by atoms with van der Waals surface area (Å²) in [6, 6.07) is 3.78. The number of fused-ring (bicyclic) bond motifs is 1. The van der Waals surface area contributed by atoms with Crippen molar-refractivity contribution in [1.82, 2.24) is 4.98 Å². The van der Waals surface area contributed by atoms with Crippen molar-refractivity contribution in [3.63, 3.8) is 0 Å². The summed E-state index contributed by atoms with van der Waals surface area (Å²) in [5.74, 6) is -1.05. The van der Waals surface area contributed by atoms with E-state index in [9.17, 15) is 4.79 Å². The lowest BCUT2D eigenvalue weighted by atomic mass is 10.0. The van der Waals surface area contributed by atoms with Crippen LogP contribution < -0.4 is 5.73 Å². The molecule has 0 fully saturated rings. The smallest absolute Gasteiger partial charge is 0.339 e. The van der Waals surface area contributed by atoms with E-state index < -0.39 is 5.97 Å². The van der Waals surface area contributed by atoms with Gasteiger partial charge in [0.25, 0.3) is 0 Å². The summed E-state index contributed by atoms with van der Waals surface area (Å²) in [7, 11) is 0. The van der Waals surface area contributed by atoms with Gasteiger partial charge in [-0.3, -0.25) is 4.98 Å². The quantitative estimate of drug-likeness (QED) is 0.765. The predicted octanol–water partition coefficient (Wildman–Crippen LogP) is 2.13. The van der Waals surface area contributed by atoms with Crippen LogP contribution >= 0.6 is 0 Å². The van der Waals surface area contributed by atoms with Crippen molar-refractivity contribution in [3.05, 3.63) is 35.0 Å². The molecule has 0 aliphatic heterocycles. The Morgan fingerprint density at radius 1 is 1.31 bits per heavy atom. The van der Waals surface area contributed by atoms with Crippen LogP contribution in [0.5, 0.6) is 0 Å². The second-order valence-electron chi connectivity index (χ2n) is 3.84. The van der Waals surface area contributed by atoms with Gasteiger partial charge in [0.05, 0.1) is 11.2 Å². The second-order valence-corrected chi connectivity index (χ2v) is 3.84. The van der Waals surface area contributed by atoms with Gasteiger partial charge in [0.15, 0.2) is 0 Å². The Kier molecular flexibility index (Phi) is 2.27. The van der Waals surface area contributed by atoms with Gasteiger partial charge < -0.3 is 10.8 Å². The highest BCUT2D eigenvalue weighted by Gasteiger charge is 2.12. The number of carbonyl (C=O) groups is 1. The van der Waals surface area contributed by atoms with E-state index in [1.54, 1.807) is 0 Å². The summed E-state index contributed by atoms with van der Waals surface area (Å²) >= 11 is 0. The third kappa shape index (κ3) is 1.48. The molecule has 0 spiro atoms. The lowest BCUT2D eigenvalue weighted by Gasteiger charge is -2.07. The number of carboxylic acid groups (broad SMARTS) is 1. The molecular formula is C12H12N2O2. The van der Waals surface area contributed by atoms with Crippen LogP contribution in [0, 0.1) is 13.8 Å². The van der Waals surface area contributed by atoms with Crippen LogP contribution in [0.2, 0.25) is 0 Å². The Balaban J connectivity index is 2.84. The maximum Gasteiger partial charge on any atom is 0.339 e. The maximum absolute atomic E-state index is 10.9. The van der Waals surface area contributed by atoms with Crippen molar-refractivity contribution in [2.24, 2.45) is 0 Å². The van der Waals surface area contributed by atoms with Crippen molar-refractivity contribution >= 4 is 22.6 Å². The van der Waals surface area contributed by atoms with Crippen molar-refractivity contribution < 1.29 is 9.90 Å². The fraction of sp³-hybridized carbons (Fsp3) is 0.167. The predicted molar refractivity (Wildman–Crippen MR) is 62.6 cm³/mol. The summed E-state index contributed by atoms with van der Waals surface area (Å²) in [4.78, 5) is 15.0. The fourth-order valence-electron chi connectivity index (χ4n) is 1.64. The lowest BCUT2D eigenvalue weighted by molar-refractivity contribution is 0.0698. The molecule has 82 valence electrons. The first-order valence-electron chi connectivity index (χ1n) is 4.89. The minimum Gasteiger partial charge on any atom is -0.478 e. The van der Waals surface area contributed by atoms with Crippen molar-refractivity contribution in [1.29, 1.82) is 0 Å². The number of nitrogens with two attached hydrogens (primary N) is 1. The van der Waals surface area contributed by atoms with E-state index in [0.29, 0.717) is 5.39 Å². The van der Waals surface area contributed by atoms with Gasteiger partial charge in [-0.15, -0.1) is 0 Å². The van der Waals surface area contributed by atoms with E-state index in [0.717, 1.165) is 16.6 Å². The Labute approximate surface area is 92.7 Å². The number of carboxylic acids is 1. The third-order valence-corrected chi connectivity index (χ3v) is 2.76. The van der Waals surface area contributed by atoms with Gasteiger partial charge in [0.1, 0.15) is 5.56 Å². The number of hydrogen-bond donors (Lipinski definition) is 2. The SMILES string of the molecule is Cc1cc2ncc(C(=O)O)c(N)c2cc1C. The zero-order valence-electron chi connectivity index (χ0n) is 9.11. The summed E-state index contributed by atoms with van der Waals surface area (Å²) in [5, 5.41) is 9.63. The second kappa shape index (κ2) is 3.48. The van der Waals surface area contributed by atoms with Crippen molar-refractivity contribution in [2.75, 3.05) is 5.73 Å². The number of benzene rings is 1. The van der Waals surface area contributed by atoms with Crippen LogP contribution in [0.4, 0.5) is 5.69 Å². The number of aromatic nitrogens is 1. The molecule has 0 aliphatic rings. The van der Waals surface area contributed by atoms with Crippen LogP contribution in [0.15, 0.2) is 18.3 Å². The lowest BCUT2D eigenvalue weighted by Crippen LogP contribution is -2.04. The van der Waals surface area contributed by atoms with Gasteiger partial charge >= 0.3 is 5.97 Å². The zero-order valence-corrected chi connectivity index (χ0v) is 9.11. The summed E-state index contributed by atoms with van der Waals surface area (Å²) < 4.78 is 0. The Bertz CT molecular complexity index is 591. The van der Waals surface area contributed by atoms with Crippen LogP contribution in [-0.4, -0.2) is 16.1 Å². The molecule has 3 N–H and O–H groups in total. The topological polar surface area (TPSA) is 76.2 Å². The highest BCUT2D eigenvalue weighted by molar-refractivity contribution is 6.03. The van der Waals surface area contributed by atoms with Gasteiger partial charge in [-0.2, -0.15) is 0 Å². The molecule has 0 aliphatic carbocycles. The molecule has 1 heterocycles. The number of pyridine rings is 1. The van der Waals surface area contributed by atoms with Gasteiger partial charge in [0, 0.05) is 11.6 Å². The molecule has 1 aromatic heterocycles. The average Bonchev–Trinajstić information content (AvgIpc) is 2.21. The molecule has 2 aromatic rings. The van der Waals surface area contributed by atoms with E-state index in [-0.39, 0.29) is 11.3 Å². The monoisotopic (exact) mass is 216 g/mol. The van der Waals surface area contributed by atoms with E-state index in [1.807, 2.05) is 26.0 Å². The van der Waals surface area contributed by atoms with E-state index in [1.165, 1.54) is 6.20 Å². The van der Waals surface area contributed by atoms with Crippen LogP contribution in [0.3, 0.4) is 0 Å². The number of nitrogens with zero attached hydrogens (tertiary/aromatic N) is 1. The van der Waals surface area contributed by atoms with Gasteiger partial charge in [0.2, 0.25) is 0 Å². The van der Waals surface area contributed by atoms with Gasteiger partial charge in [-0.1, -0.05) is 0 Å². The molecule has 0 atom stereocenters. The number of anilines is 1. The zero-order chi connectivity index (χ0) is 11.9. The first kappa shape index (κ1) is 10.4. The molecule has 0 radical (unpaired) electrons. The van der Waals surface area contributed by atoms with E-state index >= 15 is 0 Å².